The van der Waals surface area contributed by atoms with Crippen LogP contribution in [0, 0.1) is 0 Å². The van der Waals surface area contributed by atoms with Crippen molar-refractivity contribution in [2.75, 3.05) is 0 Å². The molecule has 0 aliphatic heterocycles. The van der Waals surface area contributed by atoms with Gasteiger partial charge in [-0.15, -0.1) is 0 Å². The molecule has 0 radical (unpaired) electrons. The summed E-state index contributed by atoms with van der Waals surface area (Å²) in [6, 6.07) is 68.0. The molecular weight excluding hydrogens is 709 g/mol. The van der Waals surface area contributed by atoms with Crippen LogP contribution in [-0.4, -0.2) is 19.5 Å². The fraction of sp³-hybridized carbons (Fsp3) is 0. The molecule has 0 N–H and O–H groups in total. The lowest BCUT2D eigenvalue weighted by Gasteiger charge is -2.13. The first kappa shape index (κ1) is 32.4. The van der Waals surface area contributed by atoms with Crippen LogP contribution in [0.2, 0.25) is 0 Å². The Labute approximate surface area is 333 Å². The molecule has 0 aliphatic rings. The number of aromatic nitrogens is 4. The van der Waals surface area contributed by atoms with Crippen molar-refractivity contribution in [3.05, 3.63) is 194 Å². The maximum atomic E-state index is 6.70. The van der Waals surface area contributed by atoms with Crippen molar-refractivity contribution in [1.29, 1.82) is 0 Å². The summed E-state index contributed by atoms with van der Waals surface area (Å²) in [5, 5.41) is 9.11. The Morgan fingerprint density at radius 2 is 0.948 bits per heavy atom. The number of fused-ring (bicyclic) bond motifs is 9. The molecule has 0 saturated carbocycles. The fourth-order valence-electron chi connectivity index (χ4n) is 8.69. The Morgan fingerprint density at radius 3 is 1.79 bits per heavy atom. The molecule has 5 nitrogen and oxygen atoms in total. The highest BCUT2D eigenvalue weighted by molar-refractivity contribution is 6.21. The van der Waals surface area contributed by atoms with Gasteiger partial charge in [-0.05, 0) is 63.0 Å². The van der Waals surface area contributed by atoms with Gasteiger partial charge in [-0.1, -0.05) is 158 Å². The highest BCUT2D eigenvalue weighted by atomic mass is 16.3. The molecular formula is C53H32N4O. The molecule has 9 aromatic carbocycles. The lowest BCUT2D eigenvalue weighted by atomic mass is 10.0. The number of hydrogen-bond donors (Lipinski definition) is 0. The van der Waals surface area contributed by atoms with Crippen molar-refractivity contribution in [3.63, 3.8) is 0 Å². The second kappa shape index (κ2) is 12.8. The fourth-order valence-corrected chi connectivity index (χ4v) is 8.69. The molecule has 0 fully saturated rings. The predicted octanol–water partition coefficient (Wildman–Crippen LogP) is 13.8. The van der Waals surface area contributed by atoms with E-state index in [1.165, 1.54) is 21.5 Å². The van der Waals surface area contributed by atoms with E-state index < -0.39 is 0 Å². The van der Waals surface area contributed by atoms with E-state index in [1.807, 2.05) is 18.2 Å². The van der Waals surface area contributed by atoms with E-state index >= 15 is 0 Å². The molecule has 3 heterocycles. The minimum Gasteiger partial charge on any atom is -0.456 e. The zero-order valence-corrected chi connectivity index (χ0v) is 31.2. The number of benzene rings is 9. The molecule has 0 saturated heterocycles. The number of rotatable bonds is 5. The standard InChI is InChI=1S/C53H32N4O/c1-2-12-33(13-3-1)35-22-25-37(26-23-35)51-54-52(39-27-24-34-14-4-5-16-38(34)30-39)56-53(55-51)44-31-40(32-48-50(44)43-19-9-11-21-47(43)58-48)57-45-20-10-8-18-42(45)49-41-17-7-6-15-36(41)28-29-46(49)57/h1-32H. The molecule has 0 aliphatic carbocycles. The summed E-state index contributed by atoms with van der Waals surface area (Å²) in [6.45, 7) is 0. The molecule has 0 bridgehead atoms. The summed E-state index contributed by atoms with van der Waals surface area (Å²) in [6.07, 6.45) is 0. The highest BCUT2D eigenvalue weighted by Crippen LogP contribution is 2.42. The van der Waals surface area contributed by atoms with Crippen LogP contribution in [-0.2, 0) is 0 Å². The first-order chi connectivity index (χ1) is 28.7. The van der Waals surface area contributed by atoms with Gasteiger partial charge in [0.15, 0.2) is 17.5 Å². The van der Waals surface area contributed by atoms with E-state index in [9.17, 15) is 0 Å². The van der Waals surface area contributed by atoms with Crippen LogP contribution in [0.25, 0.3) is 116 Å². The van der Waals surface area contributed by atoms with Gasteiger partial charge in [0.1, 0.15) is 11.2 Å². The van der Waals surface area contributed by atoms with Crippen molar-refractivity contribution >= 4 is 65.3 Å². The maximum Gasteiger partial charge on any atom is 0.164 e. The molecule has 0 atom stereocenters. The highest BCUT2D eigenvalue weighted by Gasteiger charge is 2.22. The van der Waals surface area contributed by atoms with Gasteiger partial charge in [0.2, 0.25) is 0 Å². The molecule has 0 spiro atoms. The second-order valence-electron chi connectivity index (χ2n) is 14.8. The van der Waals surface area contributed by atoms with Gasteiger partial charge >= 0.3 is 0 Å². The maximum absolute atomic E-state index is 6.70. The number of hydrogen-bond acceptors (Lipinski definition) is 4. The van der Waals surface area contributed by atoms with Gasteiger partial charge < -0.3 is 8.98 Å². The summed E-state index contributed by atoms with van der Waals surface area (Å²) in [7, 11) is 0. The molecule has 12 rings (SSSR count). The van der Waals surface area contributed by atoms with Crippen molar-refractivity contribution in [2.24, 2.45) is 0 Å². The third-order valence-electron chi connectivity index (χ3n) is 11.4. The smallest absolute Gasteiger partial charge is 0.164 e. The monoisotopic (exact) mass is 740 g/mol. The van der Waals surface area contributed by atoms with E-state index in [2.05, 4.69) is 180 Å². The minimum absolute atomic E-state index is 0.574. The number of nitrogens with zero attached hydrogens (tertiary/aromatic N) is 4. The molecule has 12 aromatic rings. The van der Waals surface area contributed by atoms with Crippen molar-refractivity contribution in [1.82, 2.24) is 19.5 Å². The van der Waals surface area contributed by atoms with Crippen LogP contribution in [0.4, 0.5) is 0 Å². The quantitative estimate of drug-likeness (QED) is 0.176. The van der Waals surface area contributed by atoms with Gasteiger partial charge in [0, 0.05) is 44.3 Å². The number of furan rings is 1. The first-order valence-corrected chi connectivity index (χ1v) is 19.5. The van der Waals surface area contributed by atoms with Crippen LogP contribution in [0.3, 0.4) is 0 Å². The van der Waals surface area contributed by atoms with E-state index in [1.54, 1.807) is 0 Å². The van der Waals surface area contributed by atoms with Gasteiger partial charge in [0.25, 0.3) is 0 Å². The second-order valence-corrected chi connectivity index (χ2v) is 14.8. The van der Waals surface area contributed by atoms with Gasteiger partial charge in [0.05, 0.1) is 16.7 Å². The van der Waals surface area contributed by atoms with Crippen molar-refractivity contribution in [3.8, 4) is 51.0 Å². The van der Waals surface area contributed by atoms with E-state index in [4.69, 9.17) is 19.4 Å². The Kier molecular flexibility index (Phi) is 7.16. The largest absolute Gasteiger partial charge is 0.456 e. The molecule has 5 heteroatoms. The molecule has 3 aromatic heterocycles. The van der Waals surface area contributed by atoms with Crippen LogP contribution in [0.5, 0.6) is 0 Å². The molecule has 0 unspecified atom stereocenters. The molecule has 0 amide bonds. The normalized spacial score (nSPS) is 11.8. The van der Waals surface area contributed by atoms with E-state index in [0.717, 1.165) is 77.2 Å². The zero-order valence-electron chi connectivity index (χ0n) is 31.2. The number of para-hydroxylation sites is 2. The predicted molar refractivity (Wildman–Crippen MR) is 238 cm³/mol. The van der Waals surface area contributed by atoms with Gasteiger partial charge in [-0.25, -0.2) is 15.0 Å². The lowest BCUT2D eigenvalue weighted by Crippen LogP contribution is -2.02. The zero-order chi connectivity index (χ0) is 38.2. The van der Waals surface area contributed by atoms with E-state index in [-0.39, 0.29) is 0 Å². The summed E-state index contributed by atoms with van der Waals surface area (Å²) < 4.78 is 9.05. The summed E-state index contributed by atoms with van der Waals surface area (Å²) in [5.74, 6) is 1.78. The average molecular weight is 741 g/mol. The Morgan fingerprint density at radius 1 is 0.345 bits per heavy atom. The topological polar surface area (TPSA) is 56.7 Å². The van der Waals surface area contributed by atoms with Crippen LogP contribution < -0.4 is 0 Å². The van der Waals surface area contributed by atoms with Crippen molar-refractivity contribution < 1.29 is 4.42 Å². The minimum atomic E-state index is 0.574. The van der Waals surface area contributed by atoms with Gasteiger partial charge in [-0.3, -0.25) is 0 Å². The summed E-state index contributed by atoms with van der Waals surface area (Å²) >= 11 is 0. The third-order valence-corrected chi connectivity index (χ3v) is 11.4. The van der Waals surface area contributed by atoms with Gasteiger partial charge in [-0.2, -0.15) is 0 Å². The average Bonchev–Trinajstić information content (AvgIpc) is 3.85. The molecule has 270 valence electrons. The Balaban J connectivity index is 1.14. The van der Waals surface area contributed by atoms with Crippen molar-refractivity contribution in [2.45, 2.75) is 0 Å². The SMILES string of the molecule is c1ccc(-c2ccc(-c3nc(-c4ccc5ccccc5c4)nc(-c4cc(-n5c6ccccc6c6c7ccccc7ccc65)cc5oc6ccccc6c45)n3)cc2)cc1. The lowest BCUT2D eigenvalue weighted by molar-refractivity contribution is 0.668. The third kappa shape index (κ3) is 5.14. The van der Waals surface area contributed by atoms with Crippen LogP contribution in [0.1, 0.15) is 0 Å². The first-order valence-electron chi connectivity index (χ1n) is 19.5. The Hall–Kier alpha value is -7.89. The Bertz CT molecular complexity index is 3560. The summed E-state index contributed by atoms with van der Waals surface area (Å²) in [4.78, 5) is 15.8. The van der Waals surface area contributed by atoms with Crippen LogP contribution >= 0.6 is 0 Å². The molecule has 58 heavy (non-hydrogen) atoms. The summed E-state index contributed by atoms with van der Waals surface area (Å²) in [5.41, 5.74) is 9.76. The van der Waals surface area contributed by atoms with E-state index in [0.29, 0.717) is 17.5 Å². The van der Waals surface area contributed by atoms with Crippen LogP contribution in [0.15, 0.2) is 199 Å².